The molecule has 0 fully saturated rings. The lowest BCUT2D eigenvalue weighted by atomic mass is 10.3. The van der Waals surface area contributed by atoms with Gasteiger partial charge in [0.1, 0.15) is 5.82 Å². The van der Waals surface area contributed by atoms with E-state index in [9.17, 15) is 0 Å². The van der Waals surface area contributed by atoms with Crippen LogP contribution in [0.15, 0.2) is 29.9 Å². The van der Waals surface area contributed by atoms with Crippen molar-refractivity contribution in [2.24, 2.45) is 0 Å². The van der Waals surface area contributed by atoms with Crippen LogP contribution in [0.3, 0.4) is 0 Å². The van der Waals surface area contributed by atoms with Crippen LogP contribution in [0.2, 0.25) is 0 Å². The zero-order chi connectivity index (χ0) is 9.80. The maximum atomic E-state index is 4.20. The van der Waals surface area contributed by atoms with Crippen LogP contribution in [0.4, 0.5) is 0 Å². The van der Waals surface area contributed by atoms with Gasteiger partial charge in [-0.2, -0.15) is 0 Å². The van der Waals surface area contributed by atoms with Crippen molar-refractivity contribution >= 4 is 11.3 Å². The second-order valence-corrected chi connectivity index (χ2v) is 4.19. The smallest absolute Gasteiger partial charge is 0.122 e. The van der Waals surface area contributed by atoms with Crippen LogP contribution in [0, 0.1) is 0 Å². The van der Waals surface area contributed by atoms with Crippen molar-refractivity contribution in [3.8, 4) is 0 Å². The summed E-state index contributed by atoms with van der Waals surface area (Å²) in [5, 5.41) is 5.50. The highest BCUT2D eigenvalue weighted by molar-refractivity contribution is 7.09. The molecule has 0 amide bonds. The average Bonchev–Trinajstić information content (AvgIpc) is 2.87. The van der Waals surface area contributed by atoms with Crippen LogP contribution in [-0.4, -0.2) is 9.97 Å². The zero-order valence-corrected chi connectivity index (χ0v) is 8.84. The molecule has 2 N–H and O–H groups in total. The monoisotopic (exact) mass is 207 g/mol. The first-order valence-corrected chi connectivity index (χ1v) is 5.49. The molecule has 2 heterocycles. The van der Waals surface area contributed by atoms with Crippen LogP contribution in [0.5, 0.6) is 0 Å². The van der Waals surface area contributed by atoms with E-state index < -0.39 is 0 Å². The lowest BCUT2D eigenvalue weighted by Crippen LogP contribution is -2.18. The van der Waals surface area contributed by atoms with Gasteiger partial charge in [0.05, 0.1) is 6.04 Å². The average molecular weight is 207 g/mol. The van der Waals surface area contributed by atoms with Crippen LogP contribution in [-0.2, 0) is 6.54 Å². The van der Waals surface area contributed by atoms with E-state index in [1.54, 1.807) is 17.5 Å². The molecule has 2 aromatic heterocycles. The Balaban J connectivity index is 1.87. The molecule has 0 aliphatic heterocycles. The Morgan fingerprint density at radius 1 is 1.64 bits per heavy atom. The molecule has 0 saturated carbocycles. The van der Waals surface area contributed by atoms with Crippen molar-refractivity contribution in [3.63, 3.8) is 0 Å². The van der Waals surface area contributed by atoms with E-state index in [0.717, 1.165) is 12.4 Å². The number of nitrogens with one attached hydrogen (secondary N) is 2. The van der Waals surface area contributed by atoms with E-state index >= 15 is 0 Å². The molecule has 0 spiro atoms. The van der Waals surface area contributed by atoms with Gasteiger partial charge in [-0.3, -0.25) is 0 Å². The lowest BCUT2D eigenvalue weighted by Gasteiger charge is -2.09. The summed E-state index contributed by atoms with van der Waals surface area (Å²) in [7, 11) is 0. The van der Waals surface area contributed by atoms with Crippen LogP contribution in [0.25, 0.3) is 0 Å². The van der Waals surface area contributed by atoms with Gasteiger partial charge in [-0.25, -0.2) is 4.98 Å². The second kappa shape index (κ2) is 4.39. The van der Waals surface area contributed by atoms with Crippen molar-refractivity contribution in [1.82, 2.24) is 15.3 Å². The first-order valence-electron chi connectivity index (χ1n) is 4.61. The van der Waals surface area contributed by atoms with Crippen molar-refractivity contribution in [3.05, 3.63) is 40.6 Å². The summed E-state index contributed by atoms with van der Waals surface area (Å²) < 4.78 is 0. The normalized spacial score (nSPS) is 12.9. The van der Waals surface area contributed by atoms with E-state index in [2.05, 4.69) is 39.7 Å². The number of hydrogen-bond acceptors (Lipinski definition) is 3. The fraction of sp³-hybridized carbons (Fsp3) is 0.300. The molecular weight excluding hydrogens is 194 g/mol. The topological polar surface area (TPSA) is 40.7 Å². The number of H-pyrrole nitrogens is 1. The number of thiophene rings is 1. The summed E-state index contributed by atoms with van der Waals surface area (Å²) in [6, 6.07) is 4.47. The number of rotatable bonds is 4. The first kappa shape index (κ1) is 9.43. The summed E-state index contributed by atoms with van der Waals surface area (Å²) in [5.74, 6) is 0.988. The Kier molecular flexibility index (Phi) is 2.96. The third-order valence-electron chi connectivity index (χ3n) is 2.09. The Morgan fingerprint density at radius 3 is 3.21 bits per heavy atom. The van der Waals surface area contributed by atoms with Crippen molar-refractivity contribution in [1.29, 1.82) is 0 Å². The number of imidazole rings is 1. The summed E-state index contributed by atoms with van der Waals surface area (Å²) >= 11 is 1.77. The van der Waals surface area contributed by atoms with Gasteiger partial charge < -0.3 is 10.3 Å². The van der Waals surface area contributed by atoms with Gasteiger partial charge in [0, 0.05) is 23.8 Å². The lowest BCUT2D eigenvalue weighted by molar-refractivity contribution is 0.554. The molecule has 1 atom stereocenters. The molecule has 2 rings (SSSR count). The van der Waals surface area contributed by atoms with E-state index in [1.165, 1.54) is 4.88 Å². The van der Waals surface area contributed by atoms with Gasteiger partial charge >= 0.3 is 0 Å². The van der Waals surface area contributed by atoms with Crippen molar-refractivity contribution in [2.45, 2.75) is 19.5 Å². The van der Waals surface area contributed by atoms with Crippen LogP contribution < -0.4 is 5.32 Å². The molecule has 0 radical (unpaired) electrons. The Hall–Kier alpha value is -1.13. The van der Waals surface area contributed by atoms with Crippen LogP contribution >= 0.6 is 11.3 Å². The quantitative estimate of drug-likeness (QED) is 0.807. The molecule has 0 aromatic carbocycles. The number of aromatic nitrogens is 2. The van der Waals surface area contributed by atoms with E-state index in [0.29, 0.717) is 0 Å². The van der Waals surface area contributed by atoms with E-state index in [-0.39, 0.29) is 6.04 Å². The molecule has 0 saturated heterocycles. The third-order valence-corrected chi connectivity index (χ3v) is 2.97. The molecular formula is C10H13N3S. The van der Waals surface area contributed by atoms with E-state index in [1.807, 2.05) is 6.20 Å². The number of hydrogen-bond donors (Lipinski definition) is 2. The van der Waals surface area contributed by atoms with Gasteiger partial charge in [-0.1, -0.05) is 6.07 Å². The minimum Gasteiger partial charge on any atom is -0.347 e. The van der Waals surface area contributed by atoms with Gasteiger partial charge in [0.25, 0.3) is 0 Å². The highest BCUT2D eigenvalue weighted by Crippen LogP contribution is 2.11. The molecule has 0 aliphatic rings. The highest BCUT2D eigenvalue weighted by atomic mass is 32.1. The molecule has 1 unspecified atom stereocenters. The molecule has 3 nitrogen and oxygen atoms in total. The Labute approximate surface area is 87.2 Å². The summed E-state index contributed by atoms with van der Waals surface area (Å²) in [4.78, 5) is 8.65. The van der Waals surface area contributed by atoms with Crippen molar-refractivity contribution < 1.29 is 0 Å². The summed E-state index contributed by atoms with van der Waals surface area (Å²) in [5.41, 5.74) is 0. The van der Waals surface area contributed by atoms with Gasteiger partial charge in [-0.15, -0.1) is 11.3 Å². The molecule has 0 bridgehead atoms. The molecule has 74 valence electrons. The largest absolute Gasteiger partial charge is 0.347 e. The number of aromatic amines is 1. The minimum atomic E-state index is 0.270. The fourth-order valence-corrected chi connectivity index (χ4v) is 1.93. The number of nitrogens with zero attached hydrogens (tertiary/aromatic N) is 1. The predicted molar refractivity (Wildman–Crippen MR) is 58.2 cm³/mol. The standard InChI is InChI=1S/C10H13N3S/c1-8(10-11-4-5-12-10)13-7-9-3-2-6-14-9/h2-6,8,13H,7H2,1H3,(H,11,12). The molecule has 0 aliphatic carbocycles. The maximum absolute atomic E-state index is 4.20. The van der Waals surface area contributed by atoms with Crippen molar-refractivity contribution in [2.75, 3.05) is 0 Å². The summed E-state index contributed by atoms with van der Waals surface area (Å²) in [6.45, 7) is 3.01. The van der Waals surface area contributed by atoms with Gasteiger partial charge in [-0.05, 0) is 18.4 Å². The summed E-state index contributed by atoms with van der Waals surface area (Å²) in [6.07, 6.45) is 3.62. The fourth-order valence-electron chi connectivity index (χ4n) is 1.28. The molecule has 14 heavy (non-hydrogen) atoms. The van der Waals surface area contributed by atoms with Gasteiger partial charge in [0.15, 0.2) is 0 Å². The van der Waals surface area contributed by atoms with Gasteiger partial charge in [0.2, 0.25) is 0 Å². The zero-order valence-electron chi connectivity index (χ0n) is 8.03. The van der Waals surface area contributed by atoms with E-state index in [4.69, 9.17) is 0 Å². The molecule has 2 aromatic rings. The third kappa shape index (κ3) is 2.21. The Morgan fingerprint density at radius 2 is 2.57 bits per heavy atom. The Bertz CT molecular complexity index is 353. The molecule has 4 heteroatoms. The maximum Gasteiger partial charge on any atom is 0.122 e. The SMILES string of the molecule is CC(NCc1cccs1)c1ncc[nH]1. The highest BCUT2D eigenvalue weighted by Gasteiger charge is 2.06. The minimum absolute atomic E-state index is 0.270. The predicted octanol–water partition coefficient (Wildman–Crippen LogP) is 2.32. The second-order valence-electron chi connectivity index (χ2n) is 3.16. The first-order chi connectivity index (χ1) is 6.86. The van der Waals surface area contributed by atoms with Crippen LogP contribution in [0.1, 0.15) is 23.7 Å².